The number of amides is 1. The summed E-state index contributed by atoms with van der Waals surface area (Å²) in [5.74, 6) is 0.640. The van der Waals surface area contributed by atoms with Crippen molar-refractivity contribution in [1.29, 1.82) is 0 Å². The molecule has 0 saturated carbocycles. The molecule has 0 aliphatic heterocycles. The maximum Gasteiger partial charge on any atom is 0.251 e. The molecule has 24 heavy (non-hydrogen) atoms. The van der Waals surface area contributed by atoms with Crippen LogP contribution in [-0.4, -0.2) is 50.8 Å². The molecular formula is C17H29IN4O2. The Labute approximate surface area is 161 Å². The molecule has 1 aromatic carbocycles. The maximum atomic E-state index is 11.9. The average molecular weight is 448 g/mol. The van der Waals surface area contributed by atoms with Crippen molar-refractivity contribution in [2.75, 3.05) is 33.3 Å². The number of nitrogens with one attached hydrogen (secondary N) is 3. The number of nitrogens with zero attached hydrogens (tertiary/aromatic N) is 1. The lowest BCUT2D eigenvalue weighted by Gasteiger charge is -2.21. The number of hydrogen-bond donors (Lipinski definition) is 3. The van der Waals surface area contributed by atoms with Gasteiger partial charge in [0.05, 0.1) is 12.1 Å². The molecule has 0 atom stereocenters. The number of methoxy groups -OCH3 is 1. The number of halogens is 1. The van der Waals surface area contributed by atoms with Crippen LogP contribution >= 0.6 is 24.0 Å². The highest BCUT2D eigenvalue weighted by molar-refractivity contribution is 14.0. The zero-order valence-corrected chi connectivity index (χ0v) is 17.2. The molecule has 0 saturated heterocycles. The van der Waals surface area contributed by atoms with Crippen LogP contribution < -0.4 is 16.0 Å². The number of benzene rings is 1. The first-order chi connectivity index (χ1) is 11.0. The van der Waals surface area contributed by atoms with Gasteiger partial charge < -0.3 is 20.7 Å². The van der Waals surface area contributed by atoms with Gasteiger partial charge in [-0.2, -0.15) is 0 Å². The van der Waals surface area contributed by atoms with E-state index in [9.17, 15) is 4.79 Å². The zero-order valence-electron chi connectivity index (χ0n) is 14.9. The fraction of sp³-hybridized carbons (Fsp3) is 0.529. The van der Waals surface area contributed by atoms with Crippen LogP contribution in [-0.2, 0) is 4.74 Å². The minimum Gasteiger partial charge on any atom is -0.377 e. The molecule has 1 amide bonds. The van der Waals surface area contributed by atoms with Crippen LogP contribution in [0.5, 0.6) is 0 Å². The molecule has 0 spiro atoms. The quantitative estimate of drug-likeness (QED) is 0.246. The summed E-state index contributed by atoms with van der Waals surface area (Å²) in [5, 5.41) is 9.23. The van der Waals surface area contributed by atoms with Gasteiger partial charge in [0.1, 0.15) is 0 Å². The molecule has 6 nitrogen and oxygen atoms in total. The minimum atomic E-state index is -0.302. The van der Waals surface area contributed by atoms with Gasteiger partial charge in [-0.05, 0) is 32.9 Å². The van der Waals surface area contributed by atoms with Crippen molar-refractivity contribution in [1.82, 2.24) is 16.0 Å². The first kappa shape index (κ1) is 22.6. The summed E-state index contributed by atoms with van der Waals surface area (Å²) in [5.41, 5.74) is 0.360. The Balaban J connectivity index is 0.00000529. The summed E-state index contributed by atoms with van der Waals surface area (Å²) >= 11 is 0. The number of rotatable bonds is 8. The summed E-state index contributed by atoms with van der Waals surface area (Å²) in [4.78, 5) is 16.4. The first-order valence-electron chi connectivity index (χ1n) is 7.89. The van der Waals surface area contributed by atoms with Crippen LogP contribution in [0.15, 0.2) is 35.3 Å². The molecule has 0 radical (unpaired) electrons. The van der Waals surface area contributed by atoms with Crippen molar-refractivity contribution < 1.29 is 9.53 Å². The molecule has 1 aromatic rings. The number of carbonyl (C=O) groups is 1. The molecule has 0 heterocycles. The Morgan fingerprint density at radius 3 is 2.33 bits per heavy atom. The topological polar surface area (TPSA) is 74.8 Å². The smallest absolute Gasteiger partial charge is 0.251 e. The number of ether oxygens (including phenoxy) is 1. The van der Waals surface area contributed by atoms with Gasteiger partial charge in [-0.15, -0.1) is 24.0 Å². The largest absolute Gasteiger partial charge is 0.377 e. The van der Waals surface area contributed by atoms with Gasteiger partial charge in [-0.3, -0.25) is 9.79 Å². The Hall–Kier alpha value is -1.35. The Morgan fingerprint density at radius 2 is 1.75 bits per heavy atom. The minimum absolute atomic E-state index is 0. The Kier molecular flexibility index (Phi) is 11.4. The fourth-order valence-electron chi connectivity index (χ4n) is 1.72. The second-order valence-corrected chi connectivity index (χ2v) is 5.71. The molecule has 3 N–H and O–H groups in total. The highest BCUT2D eigenvalue weighted by Gasteiger charge is 2.15. The molecule has 0 bridgehead atoms. The number of hydrogen-bond acceptors (Lipinski definition) is 3. The second kappa shape index (κ2) is 12.1. The number of guanidine groups is 1. The predicted molar refractivity (Wildman–Crippen MR) is 109 cm³/mol. The van der Waals surface area contributed by atoms with E-state index in [1.807, 2.05) is 39.0 Å². The Morgan fingerprint density at radius 1 is 1.12 bits per heavy atom. The summed E-state index contributed by atoms with van der Waals surface area (Å²) in [7, 11) is 1.68. The van der Waals surface area contributed by atoms with Crippen molar-refractivity contribution in [3.05, 3.63) is 35.9 Å². The standard InChI is InChI=1S/C17H28N4O2.HI/c1-5-18-16(21-13-17(2,3)23-4)20-12-11-19-15(22)14-9-7-6-8-10-14;/h6-10H,5,11-13H2,1-4H3,(H,19,22)(H2,18,20,21);1H. The van der Waals surface area contributed by atoms with Gasteiger partial charge in [-0.1, -0.05) is 18.2 Å². The van der Waals surface area contributed by atoms with Gasteiger partial charge in [0.25, 0.3) is 5.91 Å². The van der Waals surface area contributed by atoms with E-state index in [4.69, 9.17) is 4.74 Å². The third-order valence-corrected chi connectivity index (χ3v) is 3.25. The van der Waals surface area contributed by atoms with E-state index in [1.54, 1.807) is 19.2 Å². The molecule has 7 heteroatoms. The highest BCUT2D eigenvalue weighted by atomic mass is 127. The first-order valence-corrected chi connectivity index (χ1v) is 7.89. The number of aliphatic imine (C=N–C) groups is 1. The molecule has 0 aliphatic rings. The summed E-state index contributed by atoms with van der Waals surface area (Å²) in [6.45, 7) is 8.42. The maximum absolute atomic E-state index is 11.9. The number of carbonyl (C=O) groups excluding carboxylic acids is 1. The van der Waals surface area contributed by atoms with Crippen molar-refractivity contribution in [3.8, 4) is 0 Å². The van der Waals surface area contributed by atoms with Gasteiger partial charge in [0.15, 0.2) is 5.96 Å². The summed E-state index contributed by atoms with van der Waals surface area (Å²) in [6.07, 6.45) is 0. The van der Waals surface area contributed by atoms with Gasteiger partial charge in [0.2, 0.25) is 0 Å². The van der Waals surface area contributed by atoms with E-state index >= 15 is 0 Å². The molecular weight excluding hydrogens is 419 g/mol. The normalized spacial score (nSPS) is 11.4. The summed E-state index contributed by atoms with van der Waals surface area (Å²) in [6, 6.07) is 9.17. The molecule has 0 aromatic heterocycles. The Bertz CT molecular complexity index is 507. The lowest BCUT2D eigenvalue weighted by atomic mass is 10.1. The highest BCUT2D eigenvalue weighted by Crippen LogP contribution is 2.06. The van der Waals surface area contributed by atoms with Crippen LogP contribution in [0.1, 0.15) is 31.1 Å². The van der Waals surface area contributed by atoms with Crippen LogP contribution in [0, 0.1) is 0 Å². The summed E-state index contributed by atoms with van der Waals surface area (Å²) < 4.78 is 5.35. The predicted octanol–water partition coefficient (Wildman–Crippen LogP) is 2.01. The van der Waals surface area contributed by atoms with Gasteiger partial charge >= 0.3 is 0 Å². The third-order valence-electron chi connectivity index (χ3n) is 3.25. The van der Waals surface area contributed by atoms with Crippen LogP contribution in [0.2, 0.25) is 0 Å². The monoisotopic (exact) mass is 448 g/mol. The third kappa shape index (κ3) is 9.07. The van der Waals surface area contributed by atoms with E-state index in [1.165, 1.54) is 0 Å². The molecule has 0 fully saturated rings. The van der Waals surface area contributed by atoms with Crippen molar-refractivity contribution in [2.24, 2.45) is 4.99 Å². The van der Waals surface area contributed by atoms with E-state index in [0.29, 0.717) is 31.2 Å². The molecule has 0 unspecified atom stereocenters. The van der Waals surface area contributed by atoms with E-state index in [2.05, 4.69) is 20.9 Å². The van der Waals surface area contributed by atoms with Gasteiger partial charge in [-0.25, -0.2) is 0 Å². The van der Waals surface area contributed by atoms with E-state index in [0.717, 1.165) is 6.54 Å². The molecule has 1 rings (SSSR count). The van der Waals surface area contributed by atoms with Crippen LogP contribution in [0.25, 0.3) is 0 Å². The average Bonchev–Trinajstić information content (AvgIpc) is 2.57. The lowest BCUT2D eigenvalue weighted by molar-refractivity contribution is 0.0310. The van der Waals surface area contributed by atoms with Gasteiger partial charge in [0, 0.05) is 32.3 Å². The van der Waals surface area contributed by atoms with E-state index < -0.39 is 0 Å². The molecule has 136 valence electrons. The van der Waals surface area contributed by atoms with Crippen molar-refractivity contribution in [2.45, 2.75) is 26.4 Å². The van der Waals surface area contributed by atoms with Crippen LogP contribution in [0.3, 0.4) is 0 Å². The molecule has 0 aliphatic carbocycles. The van der Waals surface area contributed by atoms with Crippen LogP contribution in [0.4, 0.5) is 0 Å². The lowest BCUT2D eigenvalue weighted by Crippen LogP contribution is -2.42. The van der Waals surface area contributed by atoms with Crippen molar-refractivity contribution >= 4 is 35.8 Å². The van der Waals surface area contributed by atoms with E-state index in [-0.39, 0.29) is 35.5 Å². The fourth-order valence-corrected chi connectivity index (χ4v) is 1.72. The SMILES string of the molecule is CCNC(=NCC(C)(C)OC)NCCNC(=O)c1ccccc1.I. The van der Waals surface area contributed by atoms with Crippen molar-refractivity contribution in [3.63, 3.8) is 0 Å². The second-order valence-electron chi connectivity index (χ2n) is 5.71. The zero-order chi connectivity index (χ0) is 17.1.